The van der Waals surface area contributed by atoms with Crippen molar-refractivity contribution in [1.82, 2.24) is 20.4 Å². The van der Waals surface area contributed by atoms with Gasteiger partial charge in [-0.15, -0.1) is 0 Å². The summed E-state index contributed by atoms with van der Waals surface area (Å²) in [5.41, 5.74) is 1.41. The predicted molar refractivity (Wildman–Crippen MR) is 121 cm³/mol. The van der Waals surface area contributed by atoms with E-state index in [9.17, 15) is 0 Å². The molecule has 158 valence electrons. The van der Waals surface area contributed by atoms with Crippen LogP contribution in [0.2, 0.25) is 0 Å². The van der Waals surface area contributed by atoms with Gasteiger partial charge in [-0.25, -0.2) is 0 Å². The maximum Gasteiger partial charge on any atom is 0.191 e. The molecule has 0 unspecified atom stereocenters. The number of hydrogen-bond acceptors (Lipinski definition) is 3. The topological polar surface area (TPSA) is 42.9 Å². The molecule has 5 nitrogen and oxygen atoms in total. The first-order valence-corrected chi connectivity index (χ1v) is 11.0. The third-order valence-corrected chi connectivity index (χ3v) is 5.61. The summed E-state index contributed by atoms with van der Waals surface area (Å²) in [5.74, 6) is 0.946. The van der Waals surface area contributed by atoms with Crippen LogP contribution in [0.3, 0.4) is 0 Å². The Balaban J connectivity index is 1.65. The van der Waals surface area contributed by atoms with Gasteiger partial charge in [-0.1, -0.05) is 30.3 Å². The molecule has 1 aromatic rings. The summed E-state index contributed by atoms with van der Waals surface area (Å²) >= 11 is 0. The third kappa shape index (κ3) is 7.80. The molecule has 2 N–H and O–H groups in total. The Morgan fingerprint density at radius 3 is 2.32 bits per heavy atom. The molecule has 0 bridgehead atoms. The maximum atomic E-state index is 4.42. The average molecular weight is 388 g/mol. The van der Waals surface area contributed by atoms with E-state index in [2.05, 4.69) is 83.5 Å². The minimum absolute atomic E-state index is 0.515. The monoisotopic (exact) mass is 387 g/mol. The van der Waals surface area contributed by atoms with Crippen LogP contribution < -0.4 is 10.6 Å². The SMILES string of the molecule is CN=C(NCCCN(C(C)C)C(C)C)NC1CCN(Cc2ccccc2)CC1. The zero-order chi connectivity index (χ0) is 20.4. The highest BCUT2D eigenvalue weighted by Crippen LogP contribution is 2.13. The lowest BCUT2D eigenvalue weighted by Crippen LogP contribution is -2.49. The molecule has 0 atom stereocenters. The number of likely N-dealkylation sites (tertiary alicyclic amines) is 1. The van der Waals surface area contributed by atoms with Crippen LogP contribution >= 0.6 is 0 Å². The molecule has 0 aromatic heterocycles. The summed E-state index contributed by atoms with van der Waals surface area (Å²) in [5, 5.41) is 7.12. The second-order valence-corrected chi connectivity index (χ2v) is 8.46. The van der Waals surface area contributed by atoms with Crippen LogP contribution in [-0.4, -0.2) is 67.1 Å². The smallest absolute Gasteiger partial charge is 0.191 e. The number of hydrogen-bond donors (Lipinski definition) is 2. The summed E-state index contributed by atoms with van der Waals surface area (Å²) in [4.78, 5) is 9.52. The number of rotatable bonds is 9. The average Bonchev–Trinajstić information content (AvgIpc) is 2.68. The third-order valence-electron chi connectivity index (χ3n) is 5.61. The van der Waals surface area contributed by atoms with Crippen molar-refractivity contribution in [3.8, 4) is 0 Å². The summed E-state index contributed by atoms with van der Waals surface area (Å²) < 4.78 is 0. The van der Waals surface area contributed by atoms with Crippen molar-refractivity contribution in [2.75, 3.05) is 33.2 Å². The quantitative estimate of drug-likeness (QED) is 0.387. The van der Waals surface area contributed by atoms with Crippen molar-refractivity contribution in [3.05, 3.63) is 35.9 Å². The maximum absolute atomic E-state index is 4.42. The van der Waals surface area contributed by atoms with Gasteiger partial charge >= 0.3 is 0 Å². The standard InChI is InChI=1S/C23H41N5/c1-19(2)28(20(3)4)15-9-14-25-23(24-5)26-22-12-16-27(17-13-22)18-21-10-7-6-8-11-21/h6-8,10-11,19-20,22H,9,12-18H2,1-5H3,(H2,24,25,26). The van der Waals surface area contributed by atoms with Crippen LogP contribution in [-0.2, 0) is 6.54 Å². The first-order chi connectivity index (χ1) is 13.5. The Labute approximate surface area is 172 Å². The molecule has 0 spiro atoms. The molecular formula is C23H41N5. The van der Waals surface area contributed by atoms with E-state index >= 15 is 0 Å². The van der Waals surface area contributed by atoms with Crippen LogP contribution in [0.15, 0.2) is 35.3 Å². The van der Waals surface area contributed by atoms with Gasteiger partial charge in [0, 0.05) is 57.9 Å². The van der Waals surface area contributed by atoms with Crippen LogP contribution in [0.5, 0.6) is 0 Å². The molecule has 5 heteroatoms. The summed E-state index contributed by atoms with van der Waals surface area (Å²) in [6, 6.07) is 12.5. The number of aliphatic imine (C=N–C) groups is 1. The molecule has 1 aliphatic heterocycles. The van der Waals surface area contributed by atoms with Gasteiger partial charge in [0.1, 0.15) is 0 Å². The van der Waals surface area contributed by atoms with E-state index in [1.807, 2.05) is 7.05 Å². The van der Waals surface area contributed by atoms with Gasteiger partial charge in [-0.3, -0.25) is 14.8 Å². The Morgan fingerprint density at radius 2 is 1.75 bits per heavy atom. The van der Waals surface area contributed by atoms with Crippen LogP contribution in [0.25, 0.3) is 0 Å². The van der Waals surface area contributed by atoms with E-state index in [1.165, 1.54) is 18.4 Å². The fourth-order valence-corrected chi connectivity index (χ4v) is 4.05. The minimum atomic E-state index is 0.515. The molecule has 1 aromatic carbocycles. The second-order valence-electron chi connectivity index (χ2n) is 8.46. The lowest BCUT2D eigenvalue weighted by Gasteiger charge is -2.33. The normalized spacial score (nSPS) is 16.9. The van der Waals surface area contributed by atoms with E-state index in [0.29, 0.717) is 18.1 Å². The minimum Gasteiger partial charge on any atom is -0.356 e. The Morgan fingerprint density at radius 1 is 1.11 bits per heavy atom. The Bertz CT molecular complexity index is 554. The molecule has 0 saturated carbocycles. The fraction of sp³-hybridized carbons (Fsp3) is 0.696. The number of benzene rings is 1. The summed E-state index contributed by atoms with van der Waals surface area (Å²) in [6.07, 6.45) is 3.47. The van der Waals surface area contributed by atoms with E-state index in [0.717, 1.165) is 45.1 Å². The largest absolute Gasteiger partial charge is 0.356 e. The highest BCUT2D eigenvalue weighted by atomic mass is 15.2. The van der Waals surface area contributed by atoms with Crippen LogP contribution in [0, 0.1) is 0 Å². The number of piperidine rings is 1. The number of nitrogens with zero attached hydrogens (tertiary/aromatic N) is 3. The molecule has 1 aliphatic rings. The molecule has 0 radical (unpaired) electrons. The first-order valence-electron chi connectivity index (χ1n) is 11.0. The van der Waals surface area contributed by atoms with Crippen molar-refractivity contribution in [2.24, 2.45) is 4.99 Å². The van der Waals surface area contributed by atoms with Crippen LogP contribution in [0.4, 0.5) is 0 Å². The number of guanidine groups is 1. The molecule has 0 aliphatic carbocycles. The van der Waals surface area contributed by atoms with Crippen molar-refractivity contribution in [2.45, 2.75) is 71.6 Å². The molecular weight excluding hydrogens is 346 g/mol. The molecule has 2 rings (SSSR count). The highest BCUT2D eigenvalue weighted by molar-refractivity contribution is 5.79. The van der Waals surface area contributed by atoms with Crippen molar-refractivity contribution < 1.29 is 0 Å². The molecule has 1 fully saturated rings. The molecule has 0 amide bonds. The van der Waals surface area contributed by atoms with E-state index in [4.69, 9.17) is 0 Å². The van der Waals surface area contributed by atoms with Gasteiger partial charge in [-0.2, -0.15) is 0 Å². The predicted octanol–water partition coefficient (Wildman–Crippen LogP) is 3.32. The van der Waals surface area contributed by atoms with Crippen molar-refractivity contribution in [3.63, 3.8) is 0 Å². The van der Waals surface area contributed by atoms with E-state index < -0.39 is 0 Å². The van der Waals surface area contributed by atoms with E-state index in [-0.39, 0.29) is 0 Å². The lowest BCUT2D eigenvalue weighted by atomic mass is 10.0. The molecule has 1 saturated heterocycles. The summed E-state index contributed by atoms with van der Waals surface area (Å²) in [7, 11) is 1.87. The van der Waals surface area contributed by atoms with E-state index in [1.54, 1.807) is 0 Å². The zero-order valence-electron chi connectivity index (χ0n) is 18.6. The molecule has 28 heavy (non-hydrogen) atoms. The number of nitrogens with one attached hydrogen (secondary N) is 2. The highest BCUT2D eigenvalue weighted by Gasteiger charge is 2.20. The van der Waals surface area contributed by atoms with Gasteiger partial charge < -0.3 is 10.6 Å². The summed E-state index contributed by atoms with van der Waals surface area (Å²) in [6.45, 7) is 14.5. The molecule has 1 heterocycles. The fourth-order valence-electron chi connectivity index (χ4n) is 4.05. The van der Waals surface area contributed by atoms with Crippen LogP contribution in [0.1, 0.15) is 52.5 Å². The zero-order valence-corrected chi connectivity index (χ0v) is 18.6. The van der Waals surface area contributed by atoms with Gasteiger partial charge in [0.15, 0.2) is 5.96 Å². The van der Waals surface area contributed by atoms with Crippen molar-refractivity contribution >= 4 is 5.96 Å². The van der Waals surface area contributed by atoms with Gasteiger partial charge in [-0.05, 0) is 52.5 Å². The Hall–Kier alpha value is -1.59. The van der Waals surface area contributed by atoms with Crippen molar-refractivity contribution in [1.29, 1.82) is 0 Å². The lowest BCUT2D eigenvalue weighted by molar-refractivity contribution is 0.173. The van der Waals surface area contributed by atoms with Gasteiger partial charge in [0.2, 0.25) is 0 Å². The Kier molecular flexibility index (Phi) is 9.79. The van der Waals surface area contributed by atoms with Gasteiger partial charge in [0.25, 0.3) is 0 Å². The second kappa shape index (κ2) is 12.1. The van der Waals surface area contributed by atoms with Gasteiger partial charge in [0.05, 0.1) is 0 Å². The first kappa shape index (κ1) is 22.7.